The van der Waals surface area contributed by atoms with E-state index in [4.69, 9.17) is 0 Å². The number of halogens is 4. The number of phenolic OH excluding ortho intramolecular Hbond substituents is 1. The van der Waals surface area contributed by atoms with Crippen LogP contribution in [0.2, 0.25) is 0 Å². The lowest BCUT2D eigenvalue weighted by molar-refractivity contribution is -0.147. The lowest BCUT2D eigenvalue weighted by atomic mass is 9.93. The number of carbonyl (C=O) groups is 3. The molecule has 1 unspecified atom stereocenters. The molecule has 7 nitrogen and oxygen atoms in total. The minimum atomic E-state index is -1.65. The van der Waals surface area contributed by atoms with Crippen molar-refractivity contribution in [2.75, 3.05) is 0 Å². The maximum absolute atomic E-state index is 15.1. The van der Waals surface area contributed by atoms with Crippen LogP contribution in [0.15, 0.2) is 24.3 Å². The summed E-state index contributed by atoms with van der Waals surface area (Å²) in [6.07, 6.45) is 0.0243. The Morgan fingerprint density at radius 3 is 2.26 bits per heavy atom. The summed E-state index contributed by atoms with van der Waals surface area (Å²) < 4.78 is 57.3. The summed E-state index contributed by atoms with van der Waals surface area (Å²) in [5, 5.41) is 21.2. The number of nitrogens with one attached hydrogen (secondary N) is 1. The van der Waals surface area contributed by atoms with Gasteiger partial charge in [-0.2, -0.15) is 0 Å². The van der Waals surface area contributed by atoms with E-state index in [9.17, 15) is 37.8 Å². The fraction of sp³-hybridized carbons (Fsp3) is 0.292. The Labute approximate surface area is 197 Å². The van der Waals surface area contributed by atoms with Gasteiger partial charge in [0.2, 0.25) is 5.91 Å². The van der Waals surface area contributed by atoms with E-state index in [2.05, 4.69) is 5.32 Å². The van der Waals surface area contributed by atoms with Crippen molar-refractivity contribution >= 4 is 28.7 Å². The van der Waals surface area contributed by atoms with Crippen molar-refractivity contribution in [1.82, 2.24) is 9.88 Å². The maximum atomic E-state index is 15.1. The SMILES string of the molecule is CCC(C)(NC(=O)[C@H](C)c1c(C)n(C(=O)c2ccc(F)c(F)c2)c2cc(F)c(O)c(F)c12)C(=O)O. The first kappa shape index (κ1) is 25.7. The van der Waals surface area contributed by atoms with Gasteiger partial charge in [0.25, 0.3) is 5.91 Å². The fourth-order valence-corrected chi connectivity index (χ4v) is 3.86. The van der Waals surface area contributed by atoms with E-state index in [0.29, 0.717) is 18.2 Å². The van der Waals surface area contributed by atoms with Crippen LogP contribution < -0.4 is 5.32 Å². The Kier molecular flexibility index (Phi) is 6.65. The van der Waals surface area contributed by atoms with Gasteiger partial charge >= 0.3 is 5.97 Å². The Balaban J connectivity index is 2.26. The molecular formula is C24H22F4N2O5. The van der Waals surface area contributed by atoms with Crippen LogP contribution in [0.5, 0.6) is 5.75 Å². The van der Waals surface area contributed by atoms with Gasteiger partial charge in [-0.15, -0.1) is 0 Å². The molecule has 0 aliphatic heterocycles. The summed E-state index contributed by atoms with van der Waals surface area (Å²) >= 11 is 0. The number of amides is 1. The second-order valence-corrected chi connectivity index (χ2v) is 8.39. The number of rotatable bonds is 6. The molecule has 1 heterocycles. The summed E-state index contributed by atoms with van der Waals surface area (Å²) in [6, 6.07) is 2.99. The van der Waals surface area contributed by atoms with Crippen molar-refractivity contribution in [3.05, 3.63) is 64.4 Å². The van der Waals surface area contributed by atoms with Crippen molar-refractivity contribution in [3.8, 4) is 5.75 Å². The molecule has 3 N–H and O–H groups in total. The molecule has 0 spiro atoms. The predicted octanol–water partition coefficient (Wildman–Crippen LogP) is 4.37. The van der Waals surface area contributed by atoms with E-state index in [0.717, 1.165) is 10.6 Å². The molecular weight excluding hydrogens is 472 g/mol. The molecule has 35 heavy (non-hydrogen) atoms. The lowest BCUT2D eigenvalue weighted by Crippen LogP contribution is -2.52. The molecule has 1 aromatic heterocycles. The van der Waals surface area contributed by atoms with Gasteiger partial charge in [-0.05, 0) is 51.0 Å². The zero-order chi connectivity index (χ0) is 26.4. The molecule has 0 fully saturated rings. The molecule has 2 aromatic carbocycles. The third kappa shape index (κ3) is 4.22. The van der Waals surface area contributed by atoms with Gasteiger partial charge < -0.3 is 15.5 Å². The lowest BCUT2D eigenvalue weighted by Gasteiger charge is -2.26. The number of hydrogen-bond donors (Lipinski definition) is 3. The average Bonchev–Trinajstić information content (AvgIpc) is 3.09. The van der Waals surface area contributed by atoms with E-state index in [-0.39, 0.29) is 28.8 Å². The van der Waals surface area contributed by atoms with E-state index >= 15 is 4.39 Å². The number of fused-ring (bicyclic) bond motifs is 1. The highest BCUT2D eigenvalue weighted by Gasteiger charge is 2.37. The molecule has 11 heteroatoms. The fourth-order valence-electron chi connectivity index (χ4n) is 3.86. The topological polar surface area (TPSA) is 109 Å². The number of carbonyl (C=O) groups excluding carboxylic acids is 2. The Morgan fingerprint density at radius 2 is 1.71 bits per heavy atom. The summed E-state index contributed by atoms with van der Waals surface area (Å²) in [7, 11) is 0. The zero-order valence-corrected chi connectivity index (χ0v) is 19.2. The zero-order valence-electron chi connectivity index (χ0n) is 19.2. The number of nitrogens with zero attached hydrogens (tertiary/aromatic N) is 1. The van der Waals surface area contributed by atoms with E-state index < -0.39 is 63.6 Å². The summed E-state index contributed by atoms with van der Waals surface area (Å²) in [5.41, 5.74) is -2.52. The summed E-state index contributed by atoms with van der Waals surface area (Å²) in [6.45, 7) is 5.46. The number of aromatic hydroxyl groups is 1. The van der Waals surface area contributed by atoms with Crippen LogP contribution >= 0.6 is 0 Å². The van der Waals surface area contributed by atoms with Gasteiger partial charge in [0, 0.05) is 22.7 Å². The average molecular weight is 494 g/mol. The summed E-state index contributed by atoms with van der Waals surface area (Å²) in [4.78, 5) is 37.8. The molecule has 0 saturated carbocycles. The number of carboxylic acid groups (broad SMARTS) is 1. The van der Waals surface area contributed by atoms with Crippen molar-refractivity contribution < 1.29 is 42.2 Å². The maximum Gasteiger partial charge on any atom is 0.329 e. The highest BCUT2D eigenvalue weighted by Crippen LogP contribution is 2.39. The molecule has 2 atom stereocenters. The van der Waals surface area contributed by atoms with Crippen molar-refractivity contribution in [2.24, 2.45) is 0 Å². The van der Waals surface area contributed by atoms with Crippen LogP contribution in [-0.2, 0) is 9.59 Å². The number of phenols is 1. The predicted molar refractivity (Wildman–Crippen MR) is 117 cm³/mol. The van der Waals surface area contributed by atoms with E-state index in [1.54, 1.807) is 0 Å². The van der Waals surface area contributed by atoms with Crippen LogP contribution in [-0.4, -0.2) is 38.1 Å². The van der Waals surface area contributed by atoms with Crippen LogP contribution in [0.1, 0.15) is 54.7 Å². The number of benzene rings is 2. The van der Waals surface area contributed by atoms with Gasteiger partial charge in [-0.25, -0.2) is 22.4 Å². The molecule has 0 radical (unpaired) electrons. The second-order valence-electron chi connectivity index (χ2n) is 8.39. The molecule has 3 aromatic rings. The summed E-state index contributed by atoms with van der Waals surface area (Å²) in [5.74, 6) is -11.1. The first-order valence-electron chi connectivity index (χ1n) is 10.5. The van der Waals surface area contributed by atoms with Gasteiger partial charge in [-0.1, -0.05) is 6.92 Å². The van der Waals surface area contributed by atoms with Crippen molar-refractivity contribution in [2.45, 2.75) is 45.6 Å². The highest BCUT2D eigenvalue weighted by atomic mass is 19.2. The third-order valence-electron chi connectivity index (χ3n) is 6.18. The minimum absolute atomic E-state index is 0.0243. The largest absolute Gasteiger partial charge is 0.503 e. The Bertz CT molecular complexity index is 1380. The van der Waals surface area contributed by atoms with E-state index in [1.165, 1.54) is 27.7 Å². The van der Waals surface area contributed by atoms with Gasteiger partial charge in [-0.3, -0.25) is 14.2 Å². The van der Waals surface area contributed by atoms with Gasteiger partial charge in [0.1, 0.15) is 5.54 Å². The molecule has 186 valence electrons. The normalized spacial score (nSPS) is 13.9. The number of aliphatic carboxylic acids is 1. The first-order valence-corrected chi connectivity index (χ1v) is 10.5. The minimum Gasteiger partial charge on any atom is -0.503 e. The van der Waals surface area contributed by atoms with E-state index in [1.807, 2.05) is 0 Å². The first-order chi connectivity index (χ1) is 16.2. The standard InChI is InChI=1S/C24H22F4N2O5/c1-5-24(4,23(34)35)29-21(32)10(2)17-11(3)30(16-9-15(27)20(31)19(28)18(16)17)22(33)12-6-7-13(25)14(26)8-12/h6-10,31H,5H2,1-4H3,(H,29,32)(H,34,35)/t10-,24?/m1/s1. The highest BCUT2D eigenvalue weighted by molar-refractivity contribution is 6.06. The number of aromatic nitrogens is 1. The van der Waals surface area contributed by atoms with Crippen LogP contribution in [0.4, 0.5) is 17.6 Å². The van der Waals surface area contributed by atoms with Crippen LogP contribution in [0, 0.1) is 30.2 Å². The monoisotopic (exact) mass is 494 g/mol. The Morgan fingerprint density at radius 1 is 1.09 bits per heavy atom. The van der Waals surface area contributed by atoms with Crippen LogP contribution in [0.25, 0.3) is 10.9 Å². The van der Waals surface area contributed by atoms with Crippen LogP contribution in [0.3, 0.4) is 0 Å². The second kappa shape index (κ2) is 9.05. The molecule has 0 bridgehead atoms. The molecule has 1 amide bonds. The van der Waals surface area contributed by atoms with Crippen molar-refractivity contribution in [1.29, 1.82) is 0 Å². The quantitative estimate of drug-likeness (QED) is 0.441. The number of hydrogen-bond acceptors (Lipinski definition) is 4. The Hall–Kier alpha value is -3.89. The van der Waals surface area contributed by atoms with Crippen molar-refractivity contribution in [3.63, 3.8) is 0 Å². The molecule has 0 saturated heterocycles. The molecule has 3 rings (SSSR count). The third-order valence-corrected chi connectivity index (χ3v) is 6.18. The molecule has 0 aliphatic carbocycles. The molecule has 0 aliphatic rings. The van der Waals surface area contributed by atoms with Gasteiger partial charge in [0.15, 0.2) is 29.0 Å². The number of carboxylic acids is 1. The smallest absolute Gasteiger partial charge is 0.329 e. The van der Waals surface area contributed by atoms with Gasteiger partial charge in [0.05, 0.1) is 11.4 Å².